The van der Waals surface area contributed by atoms with Crippen molar-refractivity contribution in [3.8, 4) is 17.4 Å². The summed E-state index contributed by atoms with van der Waals surface area (Å²) in [5.74, 6) is -0.703. The van der Waals surface area contributed by atoms with Crippen LogP contribution in [0.15, 0.2) is 24.3 Å². The normalized spacial score (nSPS) is 12.2. The van der Waals surface area contributed by atoms with Gasteiger partial charge >= 0.3 is 6.09 Å². The summed E-state index contributed by atoms with van der Waals surface area (Å²) in [6.45, 7) is 7.18. The third kappa shape index (κ3) is 6.59. The molecule has 10 heteroatoms. The molecule has 0 aliphatic carbocycles. The zero-order chi connectivity index (χ0) is 21.8. The van der Waals surface area contributed by atoms with Crippen molar-refractivity contribution < 1.29 is 29.3 Å². The summed E-state index contributed by atoms with van der Waals surface area (Å²) in [5, 5.41) is 28.4. The molecule has 0 bridgehead atoms. The summed E-state index contributed by atoms with van der Waals surface area (Å²) >= 11 is 0. The first kappa shape index (κ1) is 21.9. The van der Waals surface area contributed by atoms with Gasteiger partial charge in [-0.1, -0.05) is 0 Å². The second-order valence-electron chi connectivity index (χ2n) is 7.51. The van der Waals surface area contributed by atoms with Crippen LogP contribution in [0.4, 0.5) is 10.5 Å². The first-order chi connectivity index (χ1) is 13.4. The van der Waals surface area contributed by atoms with E-state index in [1.807, 2.05) is 0 Å². The number of aromatic hydroxyl groups is 2. The number of nitrogens with one attached hydrogen (secondary N) is 2. The van der Waals surface area contributed by atoms with E-state index in [0.29, 0.717) is 0 Å². The summed E-state index contributed by atoms with van der Waals surface area (Å²) in [4.78, 5) is 24.2. The zero-order valence-electron chi connectivity index (χ0n) is 17.0. The minimum absolute atomic E-state index is 0.120. The Balaban J connectivity index is 1.94. The lowest BCUT2D eigenvalue weighted by Crippen LogP contribution is -2.40. The van der Waals surface area contributed by atoms with E-state index in [9.17, 15) is 19.8 Å². The SMILES string of the molecule is C[C@@H](COc1cc(C(=O)Nc2ccc(O)cc2O)n(C)n1)NC(=O)OC(C)(C)C. The Morgan fingerprint density at radius 1 is 1.24 bits per heavy atom. The van der Waals surface area contributed by atoms with Crippen LogP contribution in [0.2, 0.25) is 0 Å². The molecule has 10 nitrogen and oxygen atoms in total. The molecule has 4 N–H and O–H groups in total. The van der Waals surface area contributed by atoms with Crippen LogP contribution < -0.4 is 15.4 Å². The van der Waals surface area contributed by atoms with Crippen molar-refractivity contribution >= 4 is 17.7 Å². The number of nitrogens with zero attached hydrogens (tertiary/aromatic N) is 2. The van der Waals surface area contributed by atoms with E-state index in [2.05, 4.69) is 15.7 Å². The Morgan fingerprint density at radius 2 is 1.93 bits per heavy atom. The van der Waals surface area contributed by atoms with E-state index in [1.165, 1.54) is 22.9 Å². The van der Waals surface area contributed by atoms with E-state index in [4.69, 9.17) is 9.47 Å². The van der Waals surface area contributed by atoms with Gasteiger partial charge in [-0.3, -0.25) is 9.48 Å². The number of amides is 2. The Morgan fingerprint density at radius 3 is 2.55 bits per heavy atom. The van der Waals surface area contributed by atoms with E-state index in [0.717, 1.165) is 6.07 Å². The van der Waals surface area contributed by atoms with E-state index >= 15 is 0 Å². The van der Waals surface area contributed by atoms with Gasteiger partial charge in [0.25, 0.3) is 5.91 Å². The van der Waals surface area contributed by atoms with Crippen LogP contribution >= 0.6 is 0 Å². The number of benzene rings is 1. The first-order valence-corrected chi connectivity index (χ1v) is 8.94. The number of carbonyl (C=O) groups is 2. The topological polar surface area (TPSA) is 135 Å². The number of carbonyl (C=O) groups excluding carboxylic acids is 2. The van der Waals surface area contributed by atoms with Crippen LogP contribution in [-0.4, -0.2) is 50.2 Å². The largest absolute Gasteiger partial charge is 0.508 e. The lowest BCUT2D eigenvalue weighted by atomic mass is 10.2. The molecular formula is C19H26N4O6. The molecule has 0 aliphatic rings. The highest BCUT2D eigenvalue weighted by atomic mass is 16.6. The maximum Gasteiger partial charge on any atom is 0.407 e. The molecule has 1 heterocycles. The average Bonchev–Trinajstić information content (AvgIpc) is 2.94. The predicted octanol–water partition coefficient (Wildman–Crippen LogP) is 2.38. The van der Waals surface area contributed by atoms with Crippen molar-refractivity contribution in [1.82, 2.24) is 15.1 Å². The summed E-state index contributed by atoms with van der Waals surface area (Å²) in [5.41, 5.74) is -0.258. The number of phenols is 2. The van der Waals surface area contributed by atoms with Gasteiger partial charge < -0.3 is 30.3 Å². The van der Waals surface area contributed by atoms with Crippen LogP contribution in [0.25, 0.3) is 0 Å². The Kier molecular flexibility index (Phi) is 6.57. The number of ether oxygens (including phenoxy) is 2. The molecule has 2 amide bonds. The monoisotopic (exact) mass is 406 g/mol. The molecule has 2 aromatic rings. The minimum Gasteiger partial charge on any atom is -0.508 e. The Labute approximate surface area is 168 Å². The van der Waals surface area contributed by atoms with Crippen molar-refractivity contribution in [2.75, 3.05) is 11.9 Å². The van der Waals surface area contributed by atoms with Gasteiger partial charge in [0.1, 0.15) is 29.4 Å². The standard InChI is InChI=1S/C19H26N4O6/c1-11(20-18(27)29-19(2,3)4)10-28-16-9-14(23(5)22-16)17(26)21-13-7-6-12(24)8-15(13)25/h6-9,11,24-25H,10H2,1-5H3,(H,20,27)(H,21,26)/t11-/m0/s1. The number of phenolic OH excluding ortho intramolecular Hbond substituents is 2. The molecule has 1 aromatic heterocycles. The maximum atomic E-state index is 12.4. The summed E-state index contributed by atoms with van der Waals surface area (Å²) in [6.07, 6.45) is -0.552. The number of alkyl carbamates (subject to hydrolysis) is 1. The third-order valence-electron chi connectivity index (χ3n) is 3.56. The molecule has 2 rings (SSSR count). The van der Waals surface area contributed by atoms with Crippen LogP contribution in [0, 0.1) is 0 Å². The molecule has 1 atom stereocenters. The molecule has 0 unspecified atom stereocenters. The number of hydrogen-bond acceptors (Lipinski definition) is 7. The van der Waals surface area contributed by atoms with Crippen molar-refractivity contribution in [3.05, 3.63) is 30.0 Å². The van der Waals surface area contributed by atoms with Crippen molar-refractivity contribution in [1.29, 1.82) is 0 Å². The van der Waals surface area contributed by atoms with Gasteiger partial charge in [0, 0.05) is 19.2 Å². The summed E-state index contributed by atoms with van der Waals surface area (Å²) in [6, 6.07) is 4.92. The first-order valence-electron chi connectivity index (χ1n) is 8.94. The van der Waals surface area contributed by atoms with Crippen molar-refractivity contribution in [3.63, 3.8) is 0 Å². The molecule has 0 aliphatic heterocycles. The molecule has 0 spiro atoms. The van der Waals surface area contributed by atoms with Gasteiger partial charge in [0.05, 0.1) is 11.7 Å². The van der Waals surface area contributed by atoms with Crippen LogP contribution in [-0.2, 0) is 11.8 Å². The highest BCUT2D eigenvalue weighted by Gasteiger charge is 2.19. The average molecular weight is 406 g/mol. The second kappa shape index (κ2) is 8.72. The molecule has 0 saturated heterocycles. The fraction of sp³-hybridized carbons (Fsp3) is 0.421. The van der Waals surface area contributed by atoms with Crippen molar-refractivity contribution in [2.24, 2.45) is 7.05 Å². The van der Waals surface area contributed by atoms with Gasteiger partial charge in [0.15, 0.2) is 0 Å². The molecule has 1 aromatic carbocycles. The van der Waals surface area contributed by atoms with Crippen LogP contribution in [0.5, 0.6) is 17.4 Å². The minimum atomic E-state index is -0.597. The summed E-state index contributed by atoms with van der Waals surface area (Å²) in [7, 11) is 1.57. The van der Waals surface area contributed by atoms with Crippen LogP contribution in [0.1, 0.15) is 38.2 Å². The molecular weight excluding hydrogens is 380 g/mol. The lowest BCUT2D eigenvalue weighted by Gasteiger charge is -2.21. The number of hydrogen-bond donors (Lipinski definition) is 4. The Hall–Kier alpha value is -3.43. The quantitative estimate of drug-likeness (QED) is 0.427. The molecule has 0 radical (unpaired) electrons. The van der Waals surface area contributed by atoms with Crippen molar-refractivity contribution in [2.45, 2.75) is 39.3 Å². The highest BCUT2D eigenvalue weighted by Crippen LogP contribution is 2.27. The molecule has 158 valence electrons. The van der Waals surface area contributed by atoms with Gasteiger partial charge in [-0.2, -0.15) is 0 Å². The zero-order valence-corrected chi connectivity index (χ0v) is 17.0. The number of aryl methyl sites for hydroxylation is 1. The third-order valence-corrected chi connectivity index (χ3v) is 3.56. The van der Waals surface area contributed by atoms with E-state index in [-0.39, 0.29) is 41.4 Å². The molecule has 0 fully saturated rings. The van der Waals surface area contributed by atoms with Gasteiger partial charge in [0.2, 0.25) is 5.88 Å². The Bertz CT molecular complexity index is 887. The van der Waals surface area contributed by atoms with Gasteiger partial charge in [-0.25, -0.2) is 4.79 Å². The fourth-order valence-corrected chi connectivity index (χ4v) is 2.30. The smallest absolute Gasteiger partial charge is 0.407 e. The van der Waals surface area contributed by atoms with Gasteiger partial charge in [-0.05, 0) is 39.8 Å². The lowest BCUT2D eigenvalue weighted by molar-refractivity contribution is 0.0493. The molecule has 0 saturated carbocycles. The maximum absolute atomic E-state index is 12.4. The summed E-state index contributed by atoms with van der Waals surface area (Å²) < 4.78 is 12.0. The highest BCUT2D eigenvalue weighted by molar-refractivity contribution is 6.04. The van der Waals surface area contributed by atoms with Gasteiger partial charge in [-0.15, -0.1) is 5.10 Å². The van der Waals surface area contributed by atoms with E-state index in [1.54, 1.807) is 34.7 Å². The fourth-order valence-electron chi connectivity index (χ4n) is 2.30. The van der Waals surface area contributed by atoms with Crippen LogP contribution in [0.3, 0.4) is 0 Å². The predicted molar refractivity (Wildman–Crippen MR) is 105 cm³/mol. The second-order valence-corrected chi connectivity index (χ2v) is 7.51. The number of rotatable bonds is 6. The molecule has 29 heavy (non-hydrogen) atoms. The number of aromatic nitrogens is 2. The number of anilines is 1. The van der Waals surface area contributed by atoms with E-state index < -0.39 is 17.6 Å².